The largest absolute Gasteiger partial charge is 0.392 e. The van der Waals surface area contributed by atoms with Gasteiger partial charge in [-0.05, 0) is 17.5 Å². The van der Waals surface area contributed by atoms with Crippen molar-refractivity contribution in [3.8, 4) is 0 Å². The average Bonchev–Trinajstić information content (AvgIpc) is 2.65. The number of aromatic nitrogens is 2. The van der Waals surface area contributed by atoms with Crippen LogP contribution in [0.3, 0.4) is 0 Å². The molecule has 1 unspecified atom stereocenters. The fourth-order valence-corrected chi connectivity index (χ4v) is 1.81. The predicted molar refractivity (Wildman–Crippen MR) is 62.8 cm³/mol. The van der Waals surface area contributed by atoms with E-state index in [0.717, 1.165) is 11.5 Å². The van der Waals surface area contributed by atoms with Gasteiger partial charge in [-0.25, -0.2) is 0 Å². The summed E-state index contributed by atoms with van der Waals surface area (Å²) in [6.07, 6.45) is 0. The average molecular weight is 244 g/mol. The molecule has 0 aliphatic carbocycles. The quantitative estimate of drug-likeness (QED) is 0.757. The van der Waals surface area contributed by atoms with E-state index in [9.17, 15) is 4.79 Å². The second-order valence-electron chi connectivity index (χ2n) is 3.39. The highest BCUT2D eigenvalue weighted by Crippen LogP contribution is 2.04. The van der Waals surface area contributed by atoms with Crippen LogP contribution in [0.4, 0.5) is 0 Å². The summed E-state index contributed by atoms with van der Waals surface area (Å²) >= 11 is 6.00. The van der Waals surface area contributed by atoms with E-state index in [0.29, 0.717) is 5.69 Å². The molecule has 82 valence electrons. The van der Waals surface area contributed by atoms with E-state index >= 15 is 0 Å². The van der Waals surface area contributed by atoms with E-state index in [1.54, 1.807) is 5.38 Å². The van der Waals surface area contributed by atoms with Crippen molar-refractivity contribution >= 4 is 34.6 Å². The number of hydrogen-bond donors (Lipinski definition) is 2. The van der Waals surface area contributed by atoms with Gasteiger partial charge in [0.2, 0.25) is 0 Å². The van der Waals surface area contributed by atoms with Crippen molar-refractivity contribution in [1.82, 2.24) is 14.9 Å². The molecule has 3 N–H and O–H groups in total. The van der Waals surface area contributed by atoms with Crippen molar-refractivity contribution in [1.29, 1.82) is 0 Å². The van der Waals surface area contributed by atoms with Gasteiger partial charge in [-0.3, -0.25) is 4.79 Å². The third-order valence-electron chi connectivity index (χ3n) is 1.85. The van der Waals surface area contributed by atoms with Crippen molar-refractivity contribution < 1.29 is 4.79 Å². The zero-order chi connectivity index (χ0) is 11.4. The molecule has 0 saturated carbocycles. The number of hydrogen-bond acceptors (Lipinski definition) is 5. The molecule has 0 spiro atoms. The van der Waals surface area contributed by atoms with Crippen molar-refractivity contribution in [3.63, 3.8) is 0 Å². The number of rotatable bonds is 4. The molecule has 15 heavy (non-hydrogen) atoms. The molecular weight excluding hydrogens is 232 g/mol. The smallest absolute Gasteiger partial charge is 0.273 e. The third-order valence-corrected chi connectivity index (χ3v) is 2.61. The second kappa shape index (κ2) is 5.13. The van der Waals surface area contributed by atoms with Crippen molar-refractivity contribution in [2.45, 2.75) is 19.9 Å². The van der Waals surface area contributed by atoms with E-state index < -0.39 is 0 Å². The molecule has 0 fully saturated rings. The second-order valence-corrected chi connectivity index (χ2v) is 4.47. The van der Waals surface area contributed by atoms with Crippen LogP contribution in [0.5, 0.6) is 0 Å². The van der Waals surface area contributed by atoms with Crippen LogP contribution in [0.2, 0.25) is 0 Å². The highest BCUT2D eigenvalue weighted by molar-refractivity contribution is 7.80. The molecule has 0 aliphatic heterocycles. The normalized spacial score (nSPS) is 12.5. The summed E-state index contributed by atoms with van der Waals surface area (Å²) in [5.41, 5.74) is 5.82. The first kappa shape index (κ1) is 12.0. The van der Waals surface area contributed by atoms with Gasteiger partial charge in [0, 0.05) is 5.38 Å². The van der Waals surface area contributed by atoms with Crippen LogP contribution in [0, 0.1) is 5.92 Å². The molecule has 1 rings (SSSR count). The van der Waals surface area contributed by atoms with Crippen molar-refractivity contribution in [3.05, 3.63) is 11.1 Å². The summed E-state index contributed by atoms with van der Waals surface area (Å²) in [7, 11) is 0. The van der Waals surface area contributed by atoms with E-state index in [1.807, 2.05) is 13.8 Å². The minimum absolute atomic E-state index is 0.151. The molecule has 0 radical (unpaired) electrons. The molecule has 5 nitrogen and oxygen atoms in total. The lowest BCUT2D eigenvalue weighted by Crippen LogP contribution is -2.46. The zero-order valence-corrected chi connectivity index (χ0v) is 10.1. The number of nitrogens with two attached hydrogens (primary N) is 1. The van der Waals surface area contributed by atoms with Crippen LogP contribution in [-0.2, 0) is 0 Å². The highest BCUT2D eigenvalue weighted by atomic mass is 32.1. The van der Waals surface area contributed by atoms with Crippen LogP contribution in [0.25, 0.3) is 0 Å². The van der Waals surface area contributed by atoms with Crippen LogP contribution < -0.4 is 11.1 Å². The molecule has 0 aliphatic rings. The Balaban J connectivity index is 2.67. The summed E-state index contributed by atoms with van der Waals surface area (Å²) in [5, 5.41) is 7.95. The molecule has 0 aromatic carbocycles. The summed E-state index contributed by atoms with van der Waals surface area (Å²) in [4.78, 5) is 11.9. The Labute approximate surface area is 97.2 Å². The molecule has 1 aromatic heterocycles. The fourth-order valence-electron chi connectivity index (χ4n) is 1.05. The number of nitrogens with one attached hydrogen (secondary N) is 1. The third kappa shape index (κ3) is 3.21. The lowest BCUT2D eigenvalue weighted by Gasteiger charge is -2.20. The molecule has 1 heterocycles. The topological polar surface area (TPSA) is 80.9 Å². The Morgan fingerprint density at radius 2 is 2.33 bits per heavy atom. The molecule has 0 bridgehead atoms. The monoisotopic (exact) mass is 244 g/mol. The maximum absolute atomic E-state index is 11.6. The standard InChI is InChI=1S/C8H12N4OS2/c1-4(2)6(7(9)14)10-8(13)5-3-15-12-11-5/h3-4,6H,1-2H3,(H2,9,14)(H,10,13). The Morgan fingerprint density at radius 3 is 2.73 bits per heavy atom. The molecule has 1 aromatic rings. The van der Waals surface area contributed by atoms with Gasteiger partial charge >= 0.3 is 0 Å². The number of carbonyl (C=O) groups excluding carboxylic acids is 1. The van der Waals surface area contributed by atoms with E-state index in [-0.39, 0.29) is 22.9 Å². The van der Waals surface area contributed by atoms with Crippen molar-refractivity contribution in [2.75, 3.05) is 0 Å². The summed E-state index contributed by atoms with van der Waals surface area (Å²) in [6.45, 7) is 3.87. The number of amides is 1. The number of carbonyl (C=O) groups is 1. The van der Waals surface area contributed by atoms with Crippen LogP contribution in [0.15, 0.2) is 5.38 Å². The van der Waals surface area contributed by atoms with Gasteiger partial charge in [0.15, 0.2) is 5.69 Å². The minimum Gasteiger partial charge on any atom is -0.392 e. The van der Waals surface area contributed by atoms with Gasteiger partial charge < -0.3 is 11.1 Å². The van der Waals surface area contributed by atoms with Gasteiger partial charge in [0.05, 0.1) is 11.0 Å². The summed E-state index contributed by atoms with van der Waals surface area (Å²) in [6, 6.07) is -0.311. The van der Waals surface area contributed by atoms with Gasteiger partial charge in [0.25, 0.3) is 5.91 Å². The van der Waals surface area contributed by atoms with Crippen LogP contribution in [-0.4, -0.2) is 26.5 Å². The summed E-state index contributed by atoms with van der Waals surface area (Å²) in [5.74, 6) is -0.145. The van der Waals surface area contributed by atoms with Gasteiger partial charge in [-0.15, -0.1) is 5.10 Å². The van der Waals surface area contributed by atoms with E-state index in [1.165, 1.54) is 0 Å². The Hall–Kier alpha value is -1.08. The highest BCUT2D eigenvalue weighted by Gasteiger charge is 2.20. The molecule has 7 heteroatoms. The summed E-state index contributed by atoms with van der Waals surface area (Å²) < 4.78 is 3.61. The Morgan fingerprint density at radius 1 is 1.67 bits per heavy atom. The van der Waals surface area contributed by atoms with Gasteiger partial charge in [-0.1, -0.05) is 30.6 Å². The molecule has 1 atom stereocenters. The minimum atomic E-state index is -0.311. The lowest BCUT2D eigenvalue weighted by atomic mass is 10.0. The Bertz CT molecular complexity index is 350. The molecular formula is C8H12N4OS2. The first-order chi connectivity index (χ1) is 7.02. The van der Waals surface area contributed by atoms with Gasteiger partial charge in [-0.2, -0.15) is 0 Å². The molecule has 0 saturated heterocycles. The van der Waals surface area contributed by atoms with Crippen LogP contribution >= 0.6 is 23.8 Å². The SMILES string of the molecule is CC(C)C(NC(=O)c1csnn1)C(N)=S. The lowest BCUT2D eigenvalue weighted by molar-refractivity contribution is 0.0935. The van der Waals surface area contributed by atoms with E-state index in [2.05, 4.69) is 14.9 Å². The van der Waals surface area contributed by atoms with Gasteiger partial charge in [0.1, 0.15) is 0 Å². The predicted octanol–water partition coefficient (Wildman–Crippen LogP) is 0.579. The first-order valence-corrected chi connectivity index (χ1v) is 5.64. The zero-order valence-electron chi connectivity index (χ0n) is 8.43. The van der Waals surface area contributed by atoms with Crippen molar-refractivity contribution in [2.24, 2.45) is 11.7 Å². The van der Waals surface area contributed by atoms with Crippen LogP contribution in [0.1, 0.15) is 24.3 Å². The maximum atomic E-state index is 11.6. The van der Waals surface area contributed by atoms with E-state index in [4.69, 9.17) is 18.0 Å². The molecule has 1 amide bonds. The number of thiocarbonyl (C=S) groups is 1. The first-order valence-electron chi connectivity index (χ1n) is 4.39. The Kier molecular flexibility index (Phi) is 4.10. The fraction of sp³-hybridized carbons (Fsp3) is 0.500. The maximum Gasteiger partial charge on any atom is 0.273 e. The number of nitrogens with zero attached hydrogens (tertiary/aromatic N) is 2.